The Morgan fingerprint density at radius 3 is 2.74 bits per heavy atom. The van der Waals surface area contributed by atoms with Crippen molar-refractivity contribution >= 4 is 0 Å². The molecule has 0 bridgehead atoms. The molecule has 1 N–H and O–H groups in total. The van der Waals surface area contributed by atoms with Gasteiger partial charge in [0.25, 0.3) is 0 Å². The van der Waals surface area contributed by atoms with Crippen LogP contribution in [-0.2, 0) is 6.42 Å². The fourth-order valence-corrected chi connectivity index (χ4v) is 3.68. The van der Waals surface area contributed by atoms with Gasteiger partial charge in [0.2, 0.25) is 0 Å². The van der Waals surface area contributed by atoms with Crippen LogP contribution in [0.2, 0.25) is 0 Å². The molecule has 1 heterocycles. The van der Waals surface area contributed by atoms with Crippen LogP contribution in [0.4, 0.5) is 0 Å². The first kappa shape index (κ1) is 11.2. The highest BCUT2D eigenvalue weighted by Gasteiger charge is 2.25. The lowest BCUT2D eigenvalue weighted by Crippen LogP contribution is -2.28. The van der Waals surface area contributed by atoms with Crippen LogP contribution in [0.1, 0.15) is 35.4 Å². The molecule has 0 spiro atoms. The minimum atomic E-state index is 0.690. The summed E-state index contributed by atoms with van der Waals surface area (Å²) in [6.45, 7) is 2.32. The Balaban J connectivity index is 1.85. The molecule has 0 radical (unpaired) electrons. The third-order valence-corrected chi connectivity index (χ3v) is 4.59. The Bertz CT molecular complexity index is 609. The summed E-state index contributed by atoms with van der Waals surface area (Å²) in [7, 11) is 0. The Labute approximate surface area is 114 Å². The lowest BCUT2D eigenvalue weighted by molar-refractivity contribution is 0.462. The molecule has 2 aliphatic rings. The second-order valence-corrected chi connectivity index (χ2v) is 5.76. The highest BCUT2D eigenvalue weighted by Crippen LogP contribution is 2.42. The first-order valence-electron chi connectivity index (χ1n) is 7.34. The summed E-state index contributed by atoms with van der Waals surface area (Å²) < 4.78 is 0. The van der Waals surface area contributed by atoms with Crippen LogP contribution >= 0.6 is 0 Å². The van der Waals surface area contributed by atoms with Crippen LogP contribution in [0.5, 0.6) is 0 Å². The van der Waals surface area contributed by atoms with Crippen LogP contribution in [0.25, 0.3) is 11.1 Å². The molecule has 1 atom stereocenters. The van der Waals surface area contributed by atoms with Crippen LogP contribution in [0.3, 0.4) is 0 Å². The van der Waals surface area contributed by atoms with Crippen molar-refractivity contribution < 1.29 is 0 Å². The molecular formula is C18H19N. The van der Waals surface area contributed by atoms with Crippen LogP contribution in [-0.4, -0.2) is 13.1 Å². The molecule has 1 unspecified atom stereocenters. The van der Waals surface area contributed by atoms with Crippen LogP contribution in [0, 0.1) is 0 Å². The van der Waals surface area contributed by atoms with Crippen molar-refractivity contribution in [3.8, 4) is 11.1 Å². The van der Waals surface area contributed by atoms with Gasteiger partial charge < -0.3 is 5.32 Å². The lowest BCUT2D eigenvalue weighted by atomic mass is 9.86. The number of hydrogen-bond donors (Lipinski definition) is 1. The Morgan fingerprint density at radius 2 is 1.84 bits per heavy atom. The molecule has 1 fully saturated rings. The summed E-state index contributed by atoms with van der Waals surface area (Å²) in [4.78, 5) is 0. The predicted molar refractivity (Wildman–Crippen MR) is 79.5 cm³/mol. The van der Waals surface area contributed by atoms with Gasteiger partial charge in [0.1, 0.15) is 0 Å². The summed E-state index contributed by atoms with van der Waals surface area (Å²) in [6.07, 6.45) is 3.74. The zero-order chi connectivity index (χ0) is 12.7. The highest BCUT2D eigenvalue weighted by atomic mass is 14.9. The van der Waals surface area contributed by atoms with E-state index in [1.165, 1.54) is 41.6 Å². The maximum Gasteiger partial charge on any atom is 0.00203 e. The molecule has 1 nitrogen and oxygen atoms in total. The SMILES string of the molecule is c1ccc2c(c1)Cc1cccc(C3CCCNC3)c1-2. The molecule has 0 saturated carbocycles. The number of fused-ring (bicyclic) bond motifs is 3. The summed E-state index contributed by atoms with van der Waals surface area (Å²) in [5.74, 6) is 0.690. The minimum absolute atomic E-state index is 0.690. The van der Waals surface area contributed by atoms with Crippen molar-refractivity contribution in [1.82, 2.24) is 5.32 Å². The van der Waals surface area contributed by atoms with Gasteiger partial charge in [-0.1, -0.05) is 42.5 Å². The Kier molecular flexibility index (Phi) is 2.66. The molecule has 0 aromatic heterocycles. The fourth-order valence-electron chi connectivity index (χ4n) is 3.68. The Hall–Kier alpha value is -1.60. The molecule has 1 saturated heterocycles. The second-order valence-electron chi connectivity index (χ2n) is 5.76. The van der Waals surface area contributed by atoms with Gasteiger partial charge in [-0.3, -0.25) is 0 Å². The number of rotatable bonds is 1. The van der Waals surface area contributed by atoms with Crippen molar-refractivity contribution in [3.05, 3.63) is 59.2 Å². The molecule has 2 aromatic carbocycles. The van der Waals surface area contributed by atoms with Gasteiger partial charge in [0.15, 0.2) is 0 Å². The van der Waals surface area contributed by atoms with Gasteiger partial charge in [-0.2, -0.15) is 0 Å². The fraction of sp³-hybridized carbons (Fsp3) is 0.333. The Morgan fingerprint density at radius 1 is 0.947 bits per heavy atom. The second kappa shape index (κ2) is 4.50. The normalized spacial score (nSPS) is 20.9. The smallest absolute Gasteiger partial charge is 0.00203 e. The maximum absolute atomic E-state index is 3.55. The van der Waals surface area contributed by atoms with Crippen molar-refractivity contribution in [3.63, 3.8) is 0 Å². The van der Waals surface area contributed by atoms with E-state index in [0.717, 1.165) is 13.0 Å². The molecule has 1 aliphatic carbocycles. The van der Waals surface area contributed by atoms with Crippen molar-refractivity contribution in [2.75, 3.05) is 13.1 Å². The van der Waals surface area contributed by atoms with E-state index in [1.807, 2.05) is 0 Å². The topological polar surface area (TPSA) is 12.0 Å². The third kappa shape index (κ3) is 1.81. The van der Waals surface area contributed by atoms with Gasteiger partial charge in [-0.15, -0.1) is 0 Å². The molecule has 4 rings (SSSR count). The van der Waals surface area contributed by atoms with Gasteiger partial charge in [-0.25, -0.2) is 0 Å². The summed E-state index contributed by atoms with van der Waals surface area (Å²) in [5.41, 5.74) is 7.58. The molecule has 19 heavy (non-hydrogen) atoms. The zero-order valence-corrected chi connectivity index (χ0v) is 11.2. The zero-order valence-electron chi connectivity index (χ0n) is 11.2. The largest absolute Gasteiger partial charge is 0.316 e. The molecule has 2 aromatic rings. The van der Waals surface area contributed by atoms with E-state index in [-0.39, 0.29) is 0 Å². The average molecular weight is 249 g/mol. The number of piperidine rings is 1. The van der Waals surface area contributed by atoms with E-state index in [2.05, 4.69) is 47.8 Å². The summed E-state index contributed by atoms with van der Waals surface area (Å²) >= 11 is 0. The van der Waals surface area contributed by atoms with Gasteiger partial charge in [-0.05, 0) is 59.5 Å². The van der Waals surface area contributed by atoms with Gasteiger partial charge in [0.05, 0.1) is 0 Å². The van der Waals surface area contributed by atoms with Crippen LogP contribution < -0.4 is 5.32 Å². The standard InChI is InChI=1S/C18H19N/c1-2-8-16-13(5-1)11-14-6-3-9-17(18(14)16)15-7-4-10-19-12-15/h1-3,5-6,8-9,15,19H,4,7,10-12H2. The first-order chi connectivity index (χ1) is 9.43. The van der Waals surface area contributed by atoms with E-state index >= 15 is 0 Å². The molecule has 0 amide bonds. The summed E-state index contributed by atoms with van der Waals surface area (Å²) in [5, 5.41) is 3.55. The highest BCUT2D eigenvalue weighted by molar-refractivity contribution is 5.80. The van der Waals surface area contributed by atoms with Crippen molar-refractivity contribution in [2.45, 2.75) is 25.2 Å². The number of hydrogen-bond acceptors (Lipinski definition) is 1. The van der Waals surface area contributed by atoms with E-state index < -0.39 is 0 Å². The molecule has 96 valence electrons. The van der Waals surface area contributed by atoms with E-state index in [0.29, 0.717) is 5.92 Å². The first-order valence-corrected chi connectivity index (χ1v) is 7.34. The summed E-state index contributed by atoms with van der Waals surface area (Å²) in [6, 6.07) is 15.8. The van der Waals surface area contributed by atoms with Gasteiger partial charge >= 0.3 is 0 Å². The molecule has 1 heteroatoms. The maximum atomic E-state index is 3.55. The van der Waals surface area contributed by atoms with Gasteiger partial charge in [0, 0.05) is 6.54 Å². The number of nitrogens with one attached hydrogen (secondary N) is 1. The monoisotopic (exact) mass is 249 g/mol. The number of benzene rings is 2. The molecular weight excluding hydrogens is 230 g/mol. The minimum Gasteiger partial charge on any atom is -0.316 e. The average Bonchev–Trinajstić information content (AvgIpc) is 2.86. The van der Waals surface area contributed by atoms with Crippen molar-refractivity contribution in [2.24, 2.45) is 0 Å². The lowest BCUT2D eigenvalue weighted by Gasteiger charge is -2.25. The quantitative estimate of drug-likeness (QED) is 0.693. The van der Waals surface area contributed by atoms with E-state index in [9.17, 15) is 0 Å². The third-order valence-electron chi connectivity index (χ3n) is 4.59. The van der Waals surface area contributed by atoms with E-state index in [4.69, 9.17) is 0 Å². The van der Waals surface area contributed by atoms with Crippen LogP contribution in [0.15, 0.2) is 42.5 Å². The predicted octanol–water partition coefficient (Wildman–Crippen LogP) is 3.72. The van der Waals surface area contributed by atoms with Crippen molar-refractivity contribution in [1.29, 1.82) is 0 Å². The molecule has 1 aliphatic heterocycles. The van der Waals surface area contributed by atoms with E-state index in [1.54, 1.807) is 5.56 Å².